The molecule has 3 nitrogen and oxygen atoms in total. The summed E-state index contributed by atoms with van der Waals surface area (Å²) in [6, 6.07) is 0.536. The molecule has 1 aliphatic carbocycles. The maximum absolute atomic E-state index is 9.71. The summed E-state index contributed by atoms with van der Waals surface area (Å²) in [4.78, 5) is 2.35. The third kappa shape index (κ3) is 3.74. The zero-order chi connectivity index (χ0) is 11.3. The van der Waals surface area contributed by atoms with Crippen molar-refractivity contribution in [3.8, 4) is 0 Å². The van der Waals surface area contributed by atoms with Gasteiger partial charge in [0.25, 0.3) is 0 Å². The lowest BCUT2D eigenvalue weighted by Gasteiger charge is -2.39. The summed E-state index contributed by atoms with van der Waals surface area (Å²) < 4.78 is 5.09. The van der Waals surface area contributed by atoms with Gasteiger partial charge in [-0.3, -0.25) is 0 Å². The highest BCUT2D eigenvalue weighted by Gasteiger charge is 2.30. The van der Waals surface area contributed by atoms with E-state index in [1.165, 1.54) is 12.8 Å². The van der Waals surface area contributed by atoms with Crippen molar-refractivity contribution >= 4 is 0 Å². The standard InChI is InChI=1S/C12H25NO2/c1-4-10-5-6-11(14)9-12(10)13(2)7-8-15-3/h10-12,14H,4-9H2,1-3H3. The van der Waals surface area contributed by atoms with Crippen molar-refractivity contribution in [2.75, 3.05) is 27.3 Å². The summed E-state index contributed by atoms with van der Waals surface area (Å²) >= 11 is 0. The van der Waals surface area contributed by atoms with Crippen LogP contribution in [-0.2, 0) is 4.74 Å². The van der Waals surface area contributed by atoms with Gasteiger partial charge in [-0.25, -0.2) is 0 Å². The Kier molecular flexibility index (Phi) is 5.58. The van der Waals surface area contributed by atoms with Crippen molar-refractivity contribution in [1.29, 1.82) is 0 Å². The first-order valence-corrected chi connectivity index (χ1v) is 6.06. The van der Waals surface area contributed by atoms with Gasteiger partial charge in [-0.05, 0) is 32.2 Å². The number of nitrogens with zero attached hydrogens (tertiary/aromatic N) is 1. The number of methoxy groups -OCH3 is 1. The van der Waals surface area contributed by atoms with Crippen LogP contribution in [0.4, 0.5) is 0 Å². The molecule has 1 aliphatic rings. The predicted molar refractivity (Wildman–Crippen MR) is 61.9 cm³/mol. The second kappa shape index (κ2) is 6.46. The van der Waals surface area contributed by atoms with Gasteiger partial charge in [0.15, 0.2) is 0 Å². The Morgan fingerprint density at radius 1 is 1.40 bits per heavy atom. The van der Waals surface area contributed by atoms with Crippen LogP contribution in [0.15, 0.2) is 0 Å². The van der Waals surface area contributed by atoms with Crippen LogP contribution in [0.5, 0.6) is 0 Å². The van der Waals surface area contributed by atoms with E-state index in [9.17, 15) is 5.11 Å². The molecule has 3 atom stereocenters. The topological polar surface area (TPSA) is 32.7 Å². The van der Waals surface area contributed by atoms with Crippen molar-refractivity contribution in [3.63, 3.8) is 0 Å². The molecule has 1 rings (SSSR count). The largest absolute Gasteiger partial charge is 0.393 e. The van der Waals surface area contributed by atoms with Gasteiger partial charge >= 0.3 is 0 Å². The SMILES string of the molecule is CCC1CCC(O)CC1N(C)CCOC. The van der Waals surface area contributed by atoms with Crippen LogP contribution in [-0.4, -0.2) is 49.5 Å². The lowest BCUT2D eigenvalue weighted by molar-refractivity contribution is 0.0269. The van der Waals surface area contributed by atoms with Gasteiger partial charge in [0.05, 0.1) is 12.7 Å². The summed E-state index contributed by atoms with van der Waals surface area (Å²) in [5.74, 6) is 0.746. The smallest absolute Gasteiger partial charge is 0.0589 e. The van der Waals surface area contributed by atoms with Gasteiger partial charge in [0, 0.05) is 19.7 Å². The number of hydrogen-bond donors (Lipinski definition) is 1. The van der Waals surface area contributed by atoms with E-state index in [-0.39, 0.29) is 6.10 Å². The van der Waals surface area contributed by atoms with Crippen LogP contribution in [0.2, 0.25) is 0 Å². The zero-order valence-corrected chi connectivity index (χ0v) is 10.3. The second-order valence-electron chi connectivity index (χ2n) is 4.68. The van der Waals surface area contributed by atoms with Crippen LogP contribution in [0.1, 0.15) is 32.6 Å². The minimum atomic E-state index is -0.0946. The highest BCUT2D eigenvalue weighted by atomic mass is 16.5. The van der Waals surface area contributed by atoms with Crippen molar-refractivity contribution in [2.24, 2.45) is 5.92 Å². The van der Waals surface area contributed by atoms with Crippen molar-refractivity contribution in [2.45, 2.75) is 44.8 Å². The molecule has 0 aliphatic heterocycles. The Balaban J connectivity index is 2.46. The Morgan fingerprint density at radius 2 is 2.13 bits per heavy atom. The fraction of sp³-hybridized carbons (Fsp3) is 1.00. The van der Waals surface area contributed by atoms with Gasteiger partial charge in [-0.15, -0.1) is 0 Å². The lowest BCUT2D eigenvalue weighted by atomic mass is 9.80. The highest BCUT2D eigenvalue weighted by molar-refractivity contribution is 4.85. The molecule has 0 saturated heterocycles. The van der Waals surface area contributed by atoms with E-state index in [1.54, 1.807) is 7.11 Å². The van der Waals surface area contributed by atoms with Gasteiger partial charge in [-0.2, -0.15) is 0 Å². The van der Waals surface area contributed by atoms with Crippen LogP contribution < -0.4 is 0 Å². The van der Waals surface area contributed by atoms with Gasteiger partial charge in [-0.1, -0.05) is 13.3 Å². The summed E-state index contributed by atoms with van der Waals surface area (Å²) in [5, 5.41) is 9.71. The molecule has 3 heteroatoms. The molecule has 90 valence electrons. The zero-order valence-electron chi connectivity index (χ0n) is 10.3. The first-order valence-electron chi connectivity index (χ1n) is 6.06. The Bertz CT molecular complexity index is 175. The number of aliphatic hydroxyl groups is 1. The molecular weight excluding hydrogens is 190 g/mol. The summed E-state index contributed by atoms with van der Waals surface area (Å²) in [7, 11) is 3.88. The van der Waals surface area contributed by atoms with E-state index in [2.05, 4.69) is 18.9 Å². The molecule has 1 N–H and O–H groups in total. The molecule has 0 spiro atoms. The third-order valence-electron chi connectivity index (χ3n) is 3.67. The molecule has 0 bridgehead atoms. The maximum atomic E-state index is 9.71. The molecule has 1 fully saturated rings. The molecular formula is C12H25NO2. The second-order valence-corrected chi connectivity index (χ2v) is 4.68. The monoisotopic (exact) mass is 215 g/mol. The molecule has 15 heavy (non-hydrogen) atoms. The van der Waals surface area contributed by atoms with Crippen LogP contribution >= 0.6 is 0 Å². The molecule has 0 amide bonds. The van der Waals surface area contributed by atoms with E-state index >= 15 is 0 Å². The number of ether oxygens (including phenoxy) is 1. The molecule has 1 saturated carbocycles. The summed E-state index contributed by atoms with van der Waals surface area (Å²) in [6.07, 6.45) is 4.20. The Morgan fingerprint density at radius 3 is 2.73 bits per heavy atom. The fourth-order valence-electron chi connectivity index (χ4n) is 2.61. The molecule has 3 unspecified atom stereocenters. The first-order chi connectivity index (χ1) is 7.19. The number of likely N-dealkylation sites (N-methyl/N-ethyl adjacent to an activating group) is 1. The average Bonchev–Trinajstić information content (AvgIpc) is 2.25. The Labute approximate surface area is 93.4 Å². The number of hydrogen-bond acceptors (Lipinski definition) is 3. The Hall–Kier alpha value is -0.120. The van der Waals surface area contributed by atoms with Crippen molar-refractivity contribution in [3.05, 3.63) is 0 Å². The normalized spacial score (nSPS) is 32.2. The average molecular weight is 215 g/mol. The van der Waals surface area contributed by atoms with Gasteiger partial charge < -0.3 is 14.7 Å². The van der Waals surface area contributed by atoms with Gasteiger partial charge in [0.1, 0.15) is 0 Å². The fourth-order valence-corrected chi connectivity index (χ4v) is 2.61. The number of aliphatic hydroxyl groups excluding tert-OH is 1. The van der Waals surface area contributed by atoms with Crippen LogP contribution in [0.3, 0.4) is 0 Å². The molecule has 0 aromatic carbocycles. The molecule has 0 aromatic heterocycles. The minimum absolute atomic E-state index is 0.0946. The minimum Gasteiger partial charge on any atom is -0.393 e. The van der Waals surface area contributed by atoms with E-state index in [1.807, 2.05) is 0 Å². The van der Waals surface area contributed by atoms with Crippen molar-refractivity contribution in [1.82, 2.24) is 4.90 Å². The van der Waals surface area contributed by atoms with E-state index in [0.29, 0.717) is 6.04 Å². The summed E-state index contributed by atoms with van der Waals surface area (Å²) in [6.45, 7) is 3.99. The van der Waals surface area contributed by atoms with Crippen LogP contribution in [0, 0.1) is 5.92 Å². The first kappa shape index (κ1) is 12.9. The molecule has 0 radical (unpaired) electrons. The maximum Gasteiger partial charge on any atom is 0.0589 e. The third-order valence-corrected chi connectivity index (χ3v) is 3.67. The highest BCUT2D eigenvalue weighted by Crippen LogP contribution is 2.30. The van der Waals surface area contributed by atoms with E-state index in [4.69, 9.17) is 4.74 Å². The lowest BCUT2D eigenvalue weighted by Crippen LogP contribution is -2.44. The molecule has 0 heterocycles. The quantitative estimate of drug-likeness (QED) is 0.754. The van der Waals surface area contributed by atoms with Crippen molar-refractivity contribution < 1.29 is 9.84 Å². The van der Waals surface area contributed by atoms with E-state index in [0.717, 1.165) is 31.9 Å². The van der Waals surface area contributed by atoms with E-state index < -0.39 is 0 Å². The predicted octanol–water partition coefficient (Wildman–Crippen LogP) is 1.50. The number of rotatable bonds is 5. The summed E-state index contributed by atoms with van der Waals surface area (Å²) in [5.41, 5.74) is 0. The van der Waals surface area contributed by atoms with Gasteiger partial charge in [0.2, 0.25) is 0 Å². The molecule has 0 aromatic rings. The van der Waals surface area contributed by atoms with Crippen LogP contribution in [0.25, 0.3) is 0 Å².